The largest absolute Gasteiger partial charge is 0.507 e. The van der Waals surface area contributed by atoms with Gasteiger partial charge in [-0.25, -0.2) is 0 Å². The van der Waals surface area contributed by atoms with E-state index >= 15 is 0 Å². The fourth-order valence-electron chi connectivity index (χ4n) is 2.72. The molecule has 2 N–H and O–H groups in total. The third-order valence-electron chi connectivity index (χ3n) is 3.66. The van der Waals surface area contributed by atoms with E-state index in [0.717, 1.165) is 23.9 Å². The van der Waals surface area contributed by atoms with Crippen LogP contribution in [0, 0.1) is 0 Å². The number of benzene rings is 1. The van der Waals surface area contributed by atoms with Crippen LogP contribution in [0.1, 0.15) is 32.3 Å². The van der Waals surface area contributed by atoms with Crippen LogP contribution in [0.2, 0.25) is 0 Å². The van der Waals surface area contributed by atoms with Gasteiger partial charge >= 0.3 is 0 Å². The predicted molar refractivity (Wildman–Crippen MR) is 80.7 cm³/mol. The number of aromatic nitrogens is 1. The number of hydrogen-bond acceptors (Lipinski definition) is 2. The molecule has 1 aromatic heterocycles. The highest BCUT2D eigenvalue weighted by molar-refractivity contribution is 5.88. The number of rotatable bonds is 3. The van der Waals surface area contributed by atoms with Crippen molar-refractivity contribution in [3.63, 3.8) is 0 Å². The first-order valence-corrected chi connectivity index (χ1v) is 7.35. The van der Waals surface area contributed by atoms with E-state index in [2.05, 4.69) is 9.88 Å². The molecule has 1 aromatic carbocycles. The van der Waals surface area contributed by atoms with Crippen molar-refractivity contribution in [2.45, 2.75) is 33.1 Å². The highest BCUT2D eigenvalue weighted by Gasteiger charge is 2.13. The second kappa shape index (κ2) is 6.62. The molecule has 0 saturated carbocycles. The molecule has 2 heterocycles. The molecule has 0 amide bonds. The third-order valence-corrected chi connectivity index (χ3v) is 3.66. The summed E-state index contributed by atoms with van der Waals surface area (Å²) in [5.41, 5.74) is 2.26. The zero-order valence-corrected chi connectivity index (χ0v) is 11.9. The van der Waals surface area contributed by atoms with Crippen molar-refractivity contribution < 1.29 is 5.11 Å². The van der Waals surface area contributed by atoms with E-state index in [9.17, 15) is 5.11 Å². The summed E-state index contributed by atoms with van der Waals surface area (Å²) >= 11 is 0. The zero-order chi connectivity index (χ0) is 13.7. The highest BCUT2D eigenvalue weighted by atomic mass is 16.3. The van der Waals surface area contributed by atoms with Crippen molar-refractivity contribution >= 4 is 10.9 Å². The van der Waals surface area contributed by atoms with E-state index in [-0.39, 0.29) is 0 Å². The monoisotopic (exact) mass is 260 g/mol. The zero-order valence-electron chi connectivity index (χ0n) is 11.9. The fraction of sp³-hybridized carbons (Fsp3) is 0.500. The van der Waals surface area contributed by atoms with Crippen LogP contribution >= 0.6 is 0 Å². The lowest BCUT2D eigenvalue weighted by Crippen LogP contribution is -2.21. The van der Waals surface area contributed by atoms with Crippen molar-refractivity contribution in [3.8, 4) is 5.75 Å². The van der Waals surface area contributed by atoms with Crippen molar-refractivity contribution in [1.29, 1.82) is 0 Å². The minimum Gasteiger partial charge on any atom is -0.507 e. The van der Waals surface area contributed by atoms with Crippen LogP contribution in [-0.2, 0) is 6.42 Å². The number of nitrogens with zero attached hydrogens (tertiary/aromatic N) is 1. The molecular formula is C16H24N2O. The number of phenols is 1. The topological polar surface area (TPSA) is 39.3 Å². The predicted octanol–water partition coefficient (Wildman–Crippen LogP) is 3.54. The Morgan fingerprint density at radius 1 is 1.21 bits per heavy atom. The van der Waals surface area contributed by atoms with Crippen LogP contribution in [0.5, 0.6) is 5.75 Å². The second-order valence-electron chi connectivity index (χ2n) is 4.81. The van der Waals surface area contributed by atoms with E-state index in [1.165, 1.54) is 31.5 Å². The van der Waals surface area contributed by atoms with Crippen LogP contribution in [0.3, 0.4) is 0 Å². The average molecular weight is 260 g/mol. The van der Waals surface area contributed by atoms with Crippen LogP contribution in [0.15, 0.2) is 24.4 Å². The Morgan fingerprint density at radius 3 is 2.68 bits per heavy atom. The van der Waals surface area contributed by atoms with Gasteiger partial charge in [-0.2, -0.15) is 0 Å². The Hall–Kier alpha value is -1.48. The number of aromatic amines is 1. The molecule has 3 nitrogen and oxygen atoms in total. The molecule has 0 aliphatic carbocycles. The molecule has 0 radical (unpaired) electrons. The Kier molecular flexibility index (Phi) is 4.86. The van der Waals surface area contributed by atoms with Gasteiger partial charge in [-0.1, -0.05) is 19.9 Å². The average Bonchev–Trinajstić information content (AvgIpc) is 3.08. The quantitative estimate of drug-likeness (QED) is 0.886. The van der Waals surface area contributed by atoms with Gasteiger partial charge in [0.15, 0.2) is 0 Å². The highest BCUT2D eigenvalue weighted by Crippen LogP contribution is 2.28. The summed E-state index contributed by atoms with van der Waals surface area (Å²) in [5.74, 6) is 0.389. The van der Waals surface area contributed by atoms with Gasteiger partial charge in [0.05, 0.1) is 0 Å². The first kappa shape index (κ1) is 13.9. The minimum atomic E-state index is 0.389. The summed E-state index contributed by atoms with van der Waals surface area (Å²) in [6, 6.07) is 5.64. The van der Waals surface area contributed by atoms with Gasteiger partial charge in [0.25, 0.3) is 0 Å². The Balaban J connectivity index is 0.000000637. The lowest BCUT2D eigenvalue weighted by Gasteiger charge is -2.13. The minimum absolute atomic E-state index is 0.389. The summed E-state index contributed by atoms with van der Waals surface area (Å²) < 4.78 is 0. The maximum absolute atomic E-state index is 9.90. The molecule has 3 rings (SSSR count). The number of aromatic hydroxyl groups is 1. The second-order valence-corrected chi connectivity index (χ2v) is 4.81. The first-order chi connectivity index (χ1) is 9.34. The number of phenolic OH excluding ortho intramolecular Hbond substituents is 1. The molecule has 0 bridgehead atoms. The van der Waals surface area contributed by atoms with Crippen molar-refractivity contribution in [3.05, 3.63) is 30.0 Å². The van der Waals surface area contributed by atoms with E-state index in [0.29, 0.717) is 5.75 Å². The number of fused-ring (bicyclic) bond motifs is 1. The Morgan fingerprint density at radius 2 is 1.95 bits per heavy atom. The lowest BCUT2D eigenvalue weighted by atomic mass is 10.1. The van der Waals surface area contributed by atoms with Crippen LogP contribution in [-0.4, -0.2) is 34.6 Å². The molecule has 1 saturated heterocycles. The standard InChI is InChI=1S/C14H18N2O.C2H6/c17-13-5-3-4-12-14(13)11(10-15-12)6-9-16-7-1-2-8-16;1-2/h3-5,10,15,17H,1-2,6-9H2;1-2H3. The molecule has 19 heavy (non-hydrogen) atoms. The molecule has 0 unspecified atom stereocenters. The van der Waals surface area contributed by atoms with Gasteiger partial charge in [-0.3, -0.25) is 0 Å². The summed E-state index contributed by atoms with van der Waals surface area (Å²) in [7, 11) is 0. The van der Waals surface area contributed by atoms with Gasteiger partial charge in [0.1, 0.15) is 5.75 Å². The maximum atomic E-state index is 9.90. The summed E-state index contributed by atoms with van der Waals surface area (Å²) in [6.07, 6.45) is 5.70. The normalized spacial score (nSPS) is 15.5. The van der Waals surface area contributed by atoms with E-state index < -0.39 is 0 Å². The molecule has 104 valence electrons. The molecule has 1 aliphatic heterocycles. The number of H-pyrrole nitrogens is 1. The summed E-state index contributed by atoms with van der Waals surface area (Å²) in [4.78, 5) is 5.72. The van der Waals surface area contributed by atoms with Crippen LogP contribution in [0.4, 0.5) is 0 Å². The molecule has 0 atom stereocenters. The molecule has 2 aromatic rings. The molecule has 1 fully saturated rings. The van der Waals surface area contributed by atoms with Gasteiger partial charge < -0.3 is 15.0 Å². The van der Waals surface area contributed by atoms with Crippen LogP contribution in [0.25, 0.3) is 10.9 Å². The SMILES string of the molecule is CC.Oc1cccc2[nH]cc(CCN3CCCC3)c12. The van der Waals surface area contributed by atoms with E-state index in [1.807, 2.05) is 32.2 Å². The fourth-order valence-corrected chi connectivity index (χ4v) is 2.72. The molecule has 3 heteroatoms. The number of likely N-dealkylation sites (tertiary alicyclic amines) is 1. The van der Waals surface area contributed by atoms with Gasteiger partial charge in [-0.15, -0.1) is 0 Å². The number of hydrogen-bond donors (Lipinski definition) is 2. The van der Waals surface area contributed by atoms with Gasteiger partial charge in [-0.05, 0) is 50.0 Å². The van der Waals surface area contributed by atoms with Crippen molar-refractivity contribution in [2.75, 3.05) is 19.6 Å². The Bertz CT molecular complexity index is 512. The van der Waals surface area contributed by atoms with Gasteiger partial charge in [0.2, 0.25) is 0 Å². The maximum Gasteiger partial charge on any atom is 0.125 e. The molecular weight excluding hydrogens is 236 g/mol. The third kappa shape index (κ3) is 3.10. The summed E-state index contributed by atoms with van der Waals surface area (Å²) in [6.45, 7) is 7.56. The van der Waals surface area contributed by atoms with Crippen molar-refractivity contribution in [2.24, 2.45) is 0 Å². The first-order valence-electron chi connectivity index (χ1n) is 7.35. The Labute approximate surface area is 115 Å². The van der Waals surface area contributed by atoms with Crippen molar-refractivity contribution in [1.82, 2.24) is 9.88 Å². The smallest absolute Gasteiger partial charge is 0.125 e. The van der Waals surface area contributed by atoms with E-state index in [4.69, 9.17) is 0 Å². The number of nitrogens with one attached hydrogen (secondary N) is 1. The van der Waals surface area contributed by atoms with Crippen LogP contribution < -0.4 is 0 Å². The molecule has 0 spiro atoms. The van der Waals surface area contributed by atoms with Gasteiger partial charge in [0, 0.05) is 23.6 Å². The lowest BCUT2D eigenvalue weighted by molar-refractivity contribution is 0.344. The van der Waals surface area contributed by atoms with E-state index in [1.54, 1.807) is 6.07 Å². The molecule has 1 aliphatic rings. The summed E-state index contributed by atoms with van der Waals surface area (Å²) in [5, 5.41) is 10.9.